The molecule has 2 N–H and O–H groups in total. The lowest BCUT2D eigenvalue weighted by Crippen LogP contribution is -2.47. The molecule has 0 unspecified atom stereocenters. The van der Waals surface area contributed by atoms with Gasteiger partial charge < -0.3 is 10.6 Å². The van der Waals surface area contributed by atoms with Gasteiger partial charge >= 0.3 is 15.5 Å². The summed E-state index contributed by atoms with van der Waals surface area (Å²) < 4.78 is 61.4. The van der Waals surface area contributed by atoms with E-state index in [1.807, 2.05) is 0 Å². The number of halogens is 4. The molecule has 6 nitrogen and oxygen atoms in total. The molecular formula is C18H34F3IN4O2S. The number of guanidine groups is 1. The third-order valence-corrected chi connectivity index (χ3v) is 7.40. The molecule has 2 aliphatic rings. The van der Waals surface area contributed by atoms with Crippen LogP contribution in [0.5, 0.6) is 0 Å². The van der Waals surface area contributed by atoms with Gasteiger partial charge in [0.05, 0.1) is 0 Å². The van der Waals surface area contributed by atoms with Crippen molar-refractivity contribution in [1.29, 1.82) is 0 Å². The minimum atomic E-state index is -5.22. The average molecular weight is 554 g/mol. The number of alkyl halides is 3. The van der Waals surface area contributed by atoms with Crippen LogP contribution >= 0.6 is 24.0 Å². The highest BCUT2D eigenvalue weighted by Gasteiger charge is 2.50. The number of aliphatic imine (C=N–C) groups is 1. The quantitative estimate of drug-likeness (QED) is 0.309. The topological polar surface area (TPSA) is 73.8 Å². The van der Waals surface area contributed by atoms with Crippen LogP contribution in [0.1, 0.15) is 57.8 Å². The Morgan fingerprint density at radius 2 is 1.38 bits per heavy atom. The summed E-state index contributed by atoms with van der Waals surface area (Å²) in [4.78, 5) is 4.22. The molecule has 1 heterocycles. The Hall–Kier alpha value is -0.300. The molecule has 1 aliphatic heterocycles. The Balaban J connectivity index is 0.00000420. The molecule has 172 valence electrons. The first-order valence-electron chi connectivity index (χ1n) is 10.2. The van der Waals surface area contributed by atoms with Crippen LogP contribution in [-0.4, -0.2) is 57.4 Å². The van der Waals surface area contributed by atoms with Crippen LogP contribution in [-0.2, 0) is 10.0 Å². The van der Waals surface area contributed by atoms with E-state index in [0.717, 1.165) is 6.54 Å². The summed E-state index contributed by atoms with van der Waals surface area (Å²) in [6, 6.07) is 0. The molecule has 11 heteroatoms. The maximum Gasteiger partial charge on any atom is 0.511 e. The number of nitrogens with zero attached hydrogens (tertiary/aromatic N) is 2. The fraction of sp³-hybridized carbons (Fsp3) is 0.944. The Bertz CT molecular complexity index is 601. The zero-order valence-electron chi connectivity index (χ0n) is 17.0. The van der Waals surface area contributed by atoms with Gasteiger partial charge in [0.1, 0.15) is 0 Å². The summed E-state index contributed by atoms with van der Waals surface area (Å²) in [7, 11) is -3.51. The van der Waals surface area contributed by atoms with E-state index < -0.39 is 15.5 Å². The summed E-state index contributed by atoms with van der Waals surface area (Å²) in [5, 5.41) is 6.60. The van der Waals surface area contributed by atoms with Crippen LogP contribution in [0.2, 0.25) is 0 Å². The van der Waals surface area contributed by atoms with E-state index in [-0.39, 0.29) is 43.0 Å². The standard InChI is InChI=1S/C18H33F3N4O2S.HI/c1-22-17(23-13-15-7-5-3-2-4-6-8-15)24-14-16-9-11-25(12-10-16)28(26,27)18(19,20)21;/h15-16H,2-14H2,1H3,(H2,22,23,24);1H. The molecule has 0 amide bonds. The summed E-state index contributed by atoms with van der Waals surface area (Å²) in [5.74, 6) is 1.47. The number of piperidine rings is 1. The van der Waals surface area contributed by atoms with E-state index in [2.05, 4.69) is 15.6 Å². The predicted octanol–water partition coefficient (Wildman–Crippen LogP) is 3.69. The lowest BCUT2D eigenvalue weighted by atomic mass is 9.91. The zero-order chi connectivity index (χ0) is 20.6. The van der Waals surface area contributed by atoms with Crippen LogP contribution in [0.25, 0.3) is 0 Å². The molecule has 0 radical (unpaired) electrons. The van der Waals surface area contributed by atoms with E-state index in [0.29, 0.717) is 35.6 Å². The van der Waals surface area contributed by atoms with Crippen molar-refractivity contribution in [2.75, 3.05) is 33.2 Å². The molecule has 2 fully saturated rings. The van der Waals surface area contributed by atoms with Gasteiger partial charge in [-0.1, -0.05) is 32.1 Å². The summed E-state index contributed by atoms with van der Waals surface area (Å²) >= 11 is 0. The first kappa shape index (κ1) is 26.7. The highest BCUT2D eigenvalue weighted by molar-refractivity contribution is 14.0. The molecule has 1 saturated heterocycles. The van der Waals surface area contributed by atoms with Gasteiger partial charge in [-0.2, -0.15) is 17.5 Å². The van der Waals surface area contributed by atoms with Gasteiger partial charge in [0, 0.05) is 33.2 Å². The lowest BCUT2D eigenvalue weighted by molar-refractivity contribution is -0.0496. The SMILES string of the molecule is CN=C(NCC1CCCCCCC1)NCC1CCN(S(=O)(=O)C(F)(F)F)CC1.I. The first-order valence-corrected chi connectivity index (χ1v) is 11.7. The molecule has 0 aromatic carbocycles. The van der Waals surface area contributed by atoms with Gasteiger partial charge in [-0.25, -0.2) is 8.42 Å². The Morgan fingerprint density at radius 3 is 1.83 bits per heavy atom. The first-order chi connectivity index (χ1) is 13.2. The van der Waals surface area contributed by atoms with Crippen molar-refractivity contribution in [3.8, 4) is 0 Å². The molecule has 0 aromatic rings. The van der Waals surface area contributed by atoms with Crippen molar-refractivity contribution in [3.63, 3.8) is 0 Å². The van der Waals surface area contributed by atoms with Crippen LogP contribution < -0.4 is 10.6 Å². The van der Waals surface area contributed by atoms with Gasteiger partial charge in [-0.15, -0.1) is 24.0 Å². The normalized spacial score (nSPS) is 21.7. The number of hydrogen-bond donors (Lipinski definition) is 2. The Morgan fingerprint density at radius 1 is 0.931 bits per heavy atom. The summed E-state index contributed by atoms with van der Waals surface area (Å²) in [6.07, 6.45) is 9.79. The second-order valence-electron chi connectivity index (χ2n) is 7.84. The maximum absolute atomic E-state index is 12.6. The smallest absolute Gasteiger partial charge is 0.356 e. The van der Waals surface area contributed by atoms with Crippen LogP contribution in [0, 0.1) is 11.8 Å². The molecule has 0 atom stereocenters. The molecule has 1 saturated carbocycles. The zero-order valence-corrected chi connectivity index (χ0v) is 20.2. The largest absolute Gasteiger partial charge is 0.511 e. The van der Waals surface area contributed by atoms with Crippen LogP contribution in [0.3, 0.4) is 0 Å². The van der Waals surface area contributed by atoms with Gasteiger partial charge in [-0.05, 0) is 37.5 Å². The maximum atomic E-state index is 12.6. The van der Waals surface area contributed by atoms with E-state index in [4.69, 9.17) is 0 Å². The van der Waals surface area contributed by atoms with Crippen molar-refractivity contribution in [2.24, 2.45) is 16.8 Å². The Kier molecular flexibility index (Phi) is 11.6. The minimum Gasteiger partial charge on any atom is -0.356 e. The van der Waals surface area contributed by atoms with Crippen molar-refractivity contribution < 1.29 is 21.6 Å². The number of nitrogens with one attached hydrogen (secondary N) is 2. The molecule has 0 spiro atoms. The van der Waals surface area contributed by atoms with Gasteiger partial charge in [0.15, 0.2) is 5.96 Å². The van der Waals surface area contributed by atoms with E-state index in [1.54, 1.807) is 7.05 Å². The fourth-order valence-corrected chi connectivity index (χ4v) is 4.93. The van der Waals surface area contributed by atoms with Gasteiger partial charge in [-0.3, -0.25) is 4.99 Å². The third-order valence-electron chi connectivity index (χ3n) is 5.77. The molecule has 2 rings (SSSR count). The lowest BCUT2D eigenvalue weighted by Gasteiger charge is -2.32. The third kappa shape index (κ3) is 8.39. The van der Waals surface area contributed by atoms with Gasteiger partial charge in [0.2, 0.25) is 0 Å². The van der Waals surface area contributed by atoms with Crippen molar-refractivity contribution >= 4 is 40.0 Å². The monoisotopic (exact) mass is 554 g/mol. The molecule has 0 aromatic heterocycles. The fourth-order valence-electron chi connectivity index (χ4n) is 3.95. The van der Waals surface area contributed by atoms with Crippen molar-refractivity contribution in [2.45, 2.75) is 63.3 Å². The van der Waals surface area contributed by atoms with Crippen molar-refractivity contribution in [3.05, 3.63) is 0 Å². The highest BCUT2D eigenvalue weighted by atomic mass is 127. The van der Waals surface area contributed by atoms with E-state index in [1.165, 1.54) is 44.9 Å². The summed E-state index contributed by atoms with van der Waals surface area (Å²) in [5.41, 5.74) is -5.22. The number of rotatable bonds is 5. The predicted molar refractivity (Wildman–Crippen MR) is 120 cm³/mol. The highest BCUT2D eigenvalue weighted by Crippen LogP contribution is 2.30. The van der Waals surface area contributed by atoms with Crippen molar-refractivity contribution in [1.82, 2.24) is 14.9 Å². The number of hydrogen-bond acceptors (Lipinski definition) is 3. The second kappa shape index (κ2) is 12.5. The van der Waals surface area contributed by atoms with E-state index in [9.17, 15) is 21.6 Å². The molecule has 1 aliphatic carbocycles. The molecular weight excluding hydrogens is 520 g/mol. The molecule has 0 bridgehead atoms. The minimum absolute atomic E-state index is 0. The van der Waals surface area contributed by atoms with Gasteiger partial charge in [0.25, 0.3) is 0 Å². The van der Waals surface area contributed by atoms with E-state index >= 15 is 0 Å². The average Bonchev–Trinajstić information content (AvgIpc) is 2.62. The van der Waals surface area contributed by atoms with Crippen LogP contribution in [0.15, 0.2) is 4.99 Å². The molecule has 29 heavy (non-hydrogen) atoms. The second-order valence-corrected chi connectivity index (χ2v) is 9.77. The van der Waals surface area contributed by atoms with Crippen LogP contribution in [0.4, 0.5) is 13.2 Å². The summed E-state index contributed by atoms with van der Waals surface area (Å²) in [6.45, 7) is 1.26. The number of sulfonamides is 1. The Labute approximate surface area is 189 Å².